The number of benzene rings is 3. The van der Waals surface area contributed by atoms with Crippen LogP contribution in [0.4, 0.5) is 23.7 Å². The van der Waals surface area contributed by atoms with Crippen molar-refractivity contribution in [1.29, 1.82) is 0 Å². The van der Waals surface area contributed by atoms with Crippen LogP contribution in [0.2, 0.25) is 0 Å². The van der Waals surface area contributed by atoms with Gasteiger partial charge in [-0.25, -0.2) is 9.78 Å². The number of oxazole rings is 1. The van der Waals surface area contributed by atoms with Crippen molar-refractivity contribution in [3.05, 3.63) is 78.2 Å². The van der Waals surface area contributed by atoms with Gasteiger partial charge in [0, 0.05) is 12.2 Å². The number of aromatic nitrogens is 1. The molecule has 1 aliphatic heterocycles. The first-order chi connectivity index (χ1) is 17.3. The molecule has 6 nitrogen and oxygen atoms in total. The van der Waals surface area contributed by atoms with Crippen LogP contribution in [0.15, 0.2) is 71.1 Å². The van der Waals surface area contributed by atoms with E-state index in [0.29, 0.717) is 47.8 Å². The van der Waals surface area contributed by atoms with Crippen molar-refractivity contribution in [1.82, 2.24) is 9.88 Å². The molecule has 1 saturated heterocycles. The molecule has 36 heavy (non-hydrogen) atoms. The Hall–Kier alpha value is -4.01. The van der Waals surface area contributed by atoms with Gasteiger partial charge < -0.3 is 19.4 Å². The van der Waals surface area contributed by atoms with Gasteiger partial charge in [0.25, 0.3) is 0 Å². The first-order valence-electron chi connectivity index (χ1n) is 11.7. The number of nitrogens with one attached hydrogen (secondary N) is 1. The standard InChI is InChI=1S/C27H24F3N3O3/c1-2-35-19-12-10-18(11-13-19)31-26(34)33-15-5-8-23(33)25-32-22-16-17(9-14-24(22)36-25)20-6-3-4-7-21(20)27(28,29)30/h3-4,6-7,9-14,16,23H,2,5,8,15H2,1H3,(H,31,34)/t23-/m0/s1. The van der Waals surface area contributed by atoms with E-state index in [4.69, 9.17) is 9.15 Å². The molecule has 3 aromatic carbocycles. The summed E-state index contributed by atoms with van der Waals surface area (Å²) in [6, 6.07) is 16.7. The van der Waals surface area contributed by atoms with E-state index in [1.807, 2.05) is 6.92 Å². The maximum absolute atomic E-state index is 13.5. The Kier molecular flexibility index (Phi) is 6.30. The second-order valence-electron chi connectivity index (χ2n) is 8.52. The second-order valence-corrected chi connectivity index (χ2v) is 8.52. The molecule has 1 N–H and O–H groups in total. The van der Waals surface area contributed by atoms with Crippen LogP contribution >= 0.6 is 0 Å². The molecule has 2 amide bonds. The summed E-state index contributed by atoms with van der Waals surface area (Å²) in [6.07, 6.45) is -3.01. The molecule has 0 bridgehead atoms. The molecule has 4 aromatic rings. The van der Waals surface area contributed by atoms with Crippen LogP contribution in [0.3, 0.4) is 0 Å². The molecular formula is C27H24F3N3O3. The number of hydrogen-bond acceptors (Lipinski definition) is 4. The minimum Gasteiger partial charge on any atom is -0.494 e. The fourth-order valence-corrected chi connectivity index (χ4v) is 4.50. The number of alkyl halides is 3. The summed E-state index contributed by atoms with van der Waals surface area (Å²) >= 11 is 0. The number of halogens is 3. The van der Waals surface area contributed by atoms with E-state index in [1.54, 1.807) is 53.4 Å². The van der Waals surface area contributed by atoms with Crippen molar-refractivity contribution in [2.75, 3.05) is 18.5 Å². The largest absolute Gasteiger partial charge is 0.494 e. The summed E-state index contributed by atoms with van der Waals surface area (Å²) in [7, 11) is 0. The zero-order valence-corrected chi connectivity index (χ0v) is 19.5. The van der Waals surface area contributed by atoms with Crippen molar-refractivity contribution in [2.45, 2.75) is 32.0 Å². The number of carbonyl (C=O) groups excluding carboxylic acids is 1. The smallest absolute Gasteiger partial charge is 0.417 e. The normalized spacial score (nSPS) is 15.9. The van der Waals surface area contributed by atoms with Gasteiger partial charge in [-0.05, 0) is 73.4 Å². The number of urea groups is 1. The predicted molar refractivity (Wildman–Crippen MR) is 130 cm³/mol. The molecule has 2 heterocycles. The minimum atomic E-state index is -4.47. The van der Waals surface area contributed by atoms with Gasteiger partial charge in [-0.2, -0.15) is 13.2 Å². The van der Waals surface area contributed by atoms with E-state index in [1.165, 1.54) is 12.1 Å². The third-order valence-electron chi connectivity index (χ3n) is 6.16. The molecule has 0 spiro atoms. The van der Waals surface area contributed by atoms with E-state index in [9.17, 15) is 18.0 Å². The van der Waals surface area contributed by atoms with Gasteiger partial charge >= 0.3 is 12.2 Å². The maximum Gasteiger partial charge on any atom is 0.417 e. The van der Waals surface area contributed by atoms with E-state index < -0.39 is 11.7 Å². The maximum atomic E-state index is 13.5. The number of amides is 2. The Balaban J connectivity index is 1.38. The molecule has 1 aromatic heterocycles. The van der Waals surface area contributed by atoms with Crippen molar-refractivity contribution < 1.29 is 27.1 Å². The number of fused-ring (bicyclic) bond motifs is 1. The molecule has 1 fully saturated rings. The summed E-state index contributed by atoms with van der Waals surface area (Å²) in [6.45, 7) is 3.00. The van der Waals surface area contributed by atoms with Crippen LogP contribution in [-0.4, -0.2) is 29.1 Å². The van der Waals surface area contributed by atoms with Crippen LogP contribution in [0, 0.1) is 0 Å². The zero-order chi connectivity index (χ0) is 25.3. The highest BCUT2D eigenvalue weighted by atomic mass is 19.4. The number of ether oxygens (including phenoxy) is 1. The van der Waals surface area contributed by atoms with E-state index in [0.717, 1.165) is 18.2 Å². The average molecular weight is 496 g/mol. The lowest BCUT2D eigenvalue weighted by Crippen LogP contribution is -2.34. The Bertz CT molecular complexity index is 1380. The van der Waals surface area contributed by atoms with Gasteiger partial charge in [0.05, 0.1) is 12.2 Å². The molecule has 186 valence electrons. The lowest BCUT2D eigenvalue weighted by molar-refractivity contribution is -0.137. The topological polar surface area (TPSA) is 67.6 Å². The lowest BCUT2D eigenvalue weighted by Gasteiger charge is -2.22. The third kappa shape index (κ3) is 4.73. The van der Waals surface area contributed by atoms with Gasteiger partial charge in [-0.3, -0.25) is 0 Å². The average Bonchev–Trinajstić information content (AvgIpc) is 3.51. The Morgan fingerprint density at radius 2 is 1.92 bits per heavy atom. The first-order valence-corrected chi connectivity index (χ1v) is 11.7. The van der Waals surface area contributed by atoms with E-state index in [-0.39, 0.29) is 17.6 Å². The highest BCUT2D eigenvalue weighted by molar-refractivity contribution is 5.90. The molecule has 1 atom stereocenters. The molecular weight excluding hydrogens is 471 g/mol. The number of nitrogens with zero attached hydrogens (tertiary/aromatic N) is 2. The number of anilines is 1. The summed E-state index contributed by atoms with van der Waals surface area (Å²) in [4.78, 5) is 19.2. The van der Waals surface area contributed by atoms with Crippen molar-refractivity contribution in [3.63, 3.8) is 0 Å². The van der Waals surface area contributed by atoms with E-state index in [2.05, 4.69) is 10.3 Å². The quantitative estimate of drug-likeness (QED) is 0.316. The molecule has 0 radical (unpaired) electrons. The highest BCUT2D eigenvalue weighted by Gasteiger charge is 2.35. The van der Waals surface area contributed by atoms with Crippen LogP contribution in [0.1, 0.15) is 37.3 Å². The van der Waals surface area contributed by atoms with Gasteiger partial charge in [-0.15, -0.1) is 0 Å². The first kappa shape index (κ1) is 23.7. The van der Waals surface area contributed by atoms with Gasteiger partial charge in [-0.1, -0.05) is 24.3 Å². The van der Waals surface area contributed by atoms with Gasteiger partial charge in [0.2, 0.25) is 5.89 Å². The minimum absolute atomic E-state index is 0.0775. The summed E-state index contributed by atoms with van der Waals surface area (Å²) in [5.74, 6) is 1.09. The Morgan fingerprint density at radius 1 is 1.14 bits per heavy atom. The molecule has 5 rings (SSSR count). The monoisotopic (exact) mass is 495 g/mol. The highest BCUT2D eigenvalue weighted by Crippen LogP contribution is 2.39. The van der Waals surface area contributed by atoms with Crippen LogP contribution < -0.4 is 10.1 Å². The number of hydrogen-bond donors (Lipinski definition) is 1. The van der Waals surface area contributed by atoms with Gasteiger partial charge in [0.15, 0.2) is 5.58 Å². The van der Waals surface area contributed by atoms with Gasteiger partial charge in [0.1, 0.15) is 17.3 Å². The Morgan fingerprint density at radius 3 is 2.67 bits per heavy atom. The second kappa shape index (κ2) is 9.56. The summed E-state index contributed by atoms with van der Waals surface area (Å²) < 4.78 is 51.9. The van der Waals surface area contributed by atoms with Crippen molar-refractivity contribution in [2.24, 2.45) is 0 Å². The fourth-order valence-electron chi connectivity index (χ4n) is 4.50. The SMILES string of the molecule is CCOc1ccc(NC(=O)N2CCC[C@H]2c2nc3cc(-c4ccccc4C(F)(F)F)ccc3o2)cc1. The fraction of sp³-hybridized carbons (Fsp3) is 0.259. The number of likely N-dealkylation sites (tertiary alicyclic amines) is 1. The van der Waals surface area contributed by atoms with Crippen LogP contribution in [0.25, 0.3) is 22.2 Å². The van der Waals surface area contributed by atoms with E-state index >= 15 is 0 Å². The molecule has 1 aliphatic rings. The van der Waals surface area contributed by atoms with Crippen LogP contribution in [0.5, 0.6) is 5.75 Å². The number of carbonyl (C=O) groups is 1. The Labute approximate surface area is 205 Å². The number of rotatable bonds is 5. The molecule has 0 unspecified atom stereocenters. The molecule has 9 heteroatoms. The summed E-state index contributed by atoms with van der Waals surface area (Å²) in [5.41, 5.74) is 1.30. The van der Waals surface area contributed by atoms with Crippen LogP contribution in [-0.2, 0) is 6.18 Å². The van der Waals surface area contributed by atoms with Crippen molar-refractivity contribution in [3.8, 4) is 16.9 Å². The van der Waals surface area contributed by atoms with Crippen molar-refractivity contribution >= 4 is 22.8 Å². The third-order valence-corrected chi connectivity index (χ3v) is 6.16. The molecule has 0 saturated carbocycles. The lowest BCUT2D eigenvalue weighted by atomic mass is 9.99. The predicted octanol–water partition coefficient (Wildman–Crippen LogP) is 7.28. The molecule has 0 aliphatic carbocycles. The zero-order valence-electron chi connectivity index (χ0n) is 19.5. The summed E-state index contributed by atoms with van der Waals surface area (Å²) in [5, 5.41) is 2.89.